The lowest BCUT2D eigenvalue weighted by Crippen LogP contribution is -2.60. The van der Waals surface area contributed by atoms with Gasteiger partial charge in [0.15, 0.2) is 0 Å². The van der Waals surface area contributed by atoms with Gasteiger partial charge >= 0.3 is 0 Å². The first-order valence-electron chi connectivity index (χ1n) is 10.6. The van der Waals surface area contributed by atoms with Crippen LogP contribution >= 0.6 is 0 Å². The van der Waals surface area contributed by atoms with Crippen LogP contribution in [0.2, 0.25) is 0 Å². The fourth-order valence-corrected chi connectivity index (χ4v) is 3.97. The van der Waals surface area contributed by atoms with Crippen LogP contribution in [0, 0.1) is 0 Å². The third kappa shape index (κ3) is 4.17. The topological polar surface area (TPSA) is 61.9 Å². The molecule has 0 aromatic heterocycles. The van der Waals surface area contributed by atoms with Crippen LogP contribution < -0.4 is 19.9 Å². The molecule has 32 heavy (non-hydrogen) atoms. The van der Waals surface area contributed by atoms with Gasteiger partial charge in [0.25, 0.3) is 0 Å². The predicted octanol–water partition coefficient (Wildman–Crippen LogP) is 4.47. The lowest BCUT2D eigenvalue weighted by atomic mass is 9.96. The van der Waals surface area contributed by atoms with Crippen LogP contribution in [-0.2, 0) is 16.1 Å². The summed E-state index contributed by atoms with van der Waals surface area (Å²) in [6.45, 7) is 4.21. The first-order chi connectivity index (χ1) is 15.4. The summed E-state index contributed by atoms with van der Waals surface area (Å²) in [6, 6.07) is 25.1. The summed E-state index contributed by atoms with van der Waals surface area (Å²) in [7, 11) is 1.63. The SMILES string of the molecule is COc1ccc(N(CC(=O)N2c3ccccc3NC(=O)C2(C)C)Cc2ccccc2)cc1. The van der Waals surface area contributed by atoms with Gasteiger partial charge in [0, 0.05) is 12.2 Å². The molecule has 6 nitrogen and oxygen atoms in total. The Balaban J connectivity index is 1.68. The second-order valence-corrected chi connectivity index (χ2v) is 8.30. The highest BCUT2D eigenvalue weighted by Crippen LogP contribution is 2.37. The molecule has 0 aliphatic carbocycles. The van der Waals surface area contributed by atoms with Crippen molar-refractivity contribution >= 4 is 28.9 Å². The maximum Gasteiger partial charge on any atom is 0.250 e. The molecule has 0 spiro atoms. The van der Waals surface area contributed by atoms with Gasteiger partial charge in [0.2, 0.25) is 11.8 Å². The highest BCUT2D eigenvalue weighted by molar-refractivity contribution is 6.14. The number of rotatable bonds is 6. The number of anilines is 3. The Morgan fingerprint density at radius 2 is 1.62 bits per heavy atom. The molecule has 1 aliphatic rings. The first-order valence-corrected chi connectivity index (χ1v) is 10.6. The Bertz CT molecular complexity index is 1110. The highest BCUT2D eigenvalue weighted by atomic mass is 16.5. The normalized spacial score (nSPS) is 14.3. The number of carbonyl (C=O) groups is 2. The number of hydrogen-bond donors (Lipinski definition) is 1. The van der Waals surface area contributed by atoms with E-state index in [-0.39, 0.29) is 18.4 Å². The Kier molecular flexibility index (Phi) is 5.86. The molecule has 0 atom stereocenters. The molecule has 0 saturated heterocycles. The highest BCUT2D eigenvalue weighted by Gasteiger charge is 2.43. The number of benzene rings is 3. The van der Waals surface area contributed by atoms with Crippen molar-refractivity contribution in [3.63, 3.8) is 0 Å². The van der Waals surface area contributed by atoms with Gasteiger partial charge in [-0.2, -0.15) is 0 Å². The molecular weight excluding hydrogens is 402 g/mol. The zero-order valence-electron chi connectivity index (χ0n) is 18.5. The van der Waals surface area contributed by atoms with Crippen LogP contribution in [-0.4, -0.2) is 31.0 Å². The largest absolute Gasteiger partial charge is 0.497 e. The molecule has 6 heteroatoms. The van der Waals surface area contributed by atoms with E-state index in [2.05, 4.69) is 5.32 Å². The van der Waals surface area contributed by atoms with Gasteiger partial charge in [-0.15, -0.1) is 0 Å². The zero-order chi connectivity index (χ0) is 22.7. The van der Waals surface area contributed by atoms with Crippen LogP contribution in [0.4, 0.5) is 17.1 Å². The van der Waals surface area contributed by atoms with E-state index in [1.54, 1.807) is 25.9 Å². The smallest absolute Gasteiger partial charge is 0.250 e. The van der Waals surface area contributed by atoms with Gasteiger partial charge in [-0.25, -0.2) is 0 Å². The van der Waals surface area contributed by atoms with E-state index >= 15 is 0 Å². The average Bonchev–Trinajstić information content (AvgIpc) is 2.80. The molecular formula is C26H27N3O3. The third-order valence-electron chi connectivity index (χ3n) is 5.74. The van der Waals surface area contributed by atoms with Crippen molar-refractivity contribution in [2.75, 3.05) is 28.8 Å². The Hall–Kier alpha value is -3.80. The minimum absolute atomic E-state index is 0.117. The van der Waals surface area contributed by atoms with Gasteiger partial charge in [-0.05, 0) is 55.8 Å². The summed E-state index contributed by atoms with van der Waals surface area (Å²) in [5.74, 6) is 0.398. The number of nitrogens with zero attached hydrogens (tertiary/aromatic N) is 2. The molecule has 3 aromatic rings. The summed E-state index contributed by atoms with van der Waals surface area (Å²) in [5, 5.41) is 2.91. The van der Waals surface area contributed by atoms with E-state index in [4.69, 9.17) is 4.74 Å². The van der Waals surface area contributed by atoms with Crippen LogP contribution in [0.5, 0.6) is 5.75 Å². The maximum atomic E-state index is 13.7. The van der Waals surface area contributed by atoms with E-state index in [0.29, 0.717) is 17.9 Å². The average molecular weight is 430 g/mol. The zero-order valence-corrected chi connectivity index (χ0v) is 18.5. The van der Waals surface area contributed by atoms with Crippen LogP contribution in [0.3, 0.4) is 0 Å². The van der Waals surface area contributed by atoms with Gasteiger partial charge in [0.05, 0.1) is 25.0 Å². The van der Waals surface area contributed by atoms with E-state index < -0.39 is 5.54 Å². The van der Waals surface area contributed by atoms with Crippen molar-refractivity contribution in [3.8, 4) is 5.75 Å². The minimum atomic E-state index is -1.01. The van der Waals surface area contributed by atoms with Crippen LogP contribution in [0.1, 0.15) is 19.4 Å². The third-order valence-corrected chi connectivity index (χ3v) is 5.74. The number of methoxy groups -OCH3 is 1. The first kappa shape index (κ1) is 21.4. The Labute approximate surface area is 188 Å². The van der Waals surface area contributed by atoms with E-state index in [0.717, 1.165) is 17.0 Å². The van der Waals surface area contributed by atoms with Crippen molar-refractivity contribution in [2.24, 2.45) is 0 Å². The van der Waals surface area contributed by atoms with Crippen LogP contribution in [0.15, 0.2) is 78.9 Å². The second-order valence-electron chi connectivity index (χ2n) is 8.30. The Morgan fingerprint density at radius 1 is 0.969 bits per heavy atom. The molecule has 1 aliphatic heterocycles. The van der Waals surface area contributed by atoms with Crippen molar-refractivity contribution in [2.45, 2.75) is 25.9 Å². The van der Waals surface area contributed by atoms with Crippen molar-refractivity contribution in [1.29, 1.82) is 0 Å². The molecule has 4 rings (SSSR count). The second kappa shape index (κ2) is 8.75. The predicted molar refractivity (Wildman–Crippen MR) is 127 cm³/mol. The quantitative estimate of drug-likeness (QED) is 0.628. The molecule has 0 saturated carbocycles. The molecule has 1 N–H and O–H groups in total. The summed E-state index contributed by atoms with van der Waals surface area (Å²) in [5.41, 5.74) is 2.33. The summed E-state index contributed by atoms with van der Waals surface area (Å²) < 4.78 is 5.28. The Morgan fingerprint density at radius 3 is 2.31 bits per heavy atom. The van der Waals surface area contributed by atoms with Crippen molar-refractivity contribution < 1.29 is 14.3 Å². The summed E-state index contributed by atoms with van der Waals surface area (Å²) >= 11 is 0. The van der Waals surface area contributed by atoms with E-state index in [1.165, 1.54) is 0 Å². The fraction of sp³-hybridized carbons (Fsp3) is 0.231. The molecule has 0 bridgehead atoms. The lowest BCUT2D eigenvalue weighted by molar-refractivity contribution is -0.125. The molecule has 3 aromatic carbocycles. The van der Waals surface area contributed by atoms with Gasteiger partial charge in [-0.3, -0.25) is 14.5 Å². The molecule has 1 heterocycles. The number of hydrogen-bond acceptors (Lipinski definition) is 4. The van der Waals surface area contributed by atoms with Crippen LogP contribution in [0.25, 0.3) is 0 Å². The summed E-state index contributed by atoms with van der Waals surface area (Å²) in [6.07, 6.45) is 0. The number of para-hydroxylation sites is 2. The molecule has 0 fully saturated rings. The van der Waals surface area contributed by atoms with Gasteiger partial charge in [0.1, 0.15) is 11.3 Å². The molecule has 0 unspecified atom stereocenters. The monoisotopic (exact) mass is 429 g/mol. The number of amides is 2. The number of ether oxygens (including phenoxy) is 1. The summed E-state index contributed by atoms with van der Waals surface area (Å²) in [4.78, 5) is 30.1. The molecule has 0 radical (unpaired) electrons. The maximum absolute atomic E-state index is 13.7. The number of nitrogens with one attached hydrogen (secondary N) is 1. The van der Waals surface area contributed by atoms with Crippen molar-refractivity contribution in [3.05, 3.63) is 84.4 Å². The number of carbonyl (C=O) groups excluding carboxylic acids is 2. The lowest BCUT2D eigenvalue weighted by Gasteiger charge is -2.43. The van der Waals surface area contributed by atoms with E-state index in [9.17, 15) is 9.59 Å². The standard InChI is InChI=1S/C26H27N3O3/c1-26(2)25(31)27-22-11-7-8-12-23(22)29(26)24(30)18-28(17-19-9-5-4-6-10-19)20-13-15-21(32-3)16-14-20/h4-16H,17-18H2,1-3H3,(H,27,31). The number of fused-ring (bicyclic) bond motifs is 1. The molecule has 2 amide bonds. The minimum Gasteiger partial charge on any atom is -0.497 e. The van der Waals surface area contributed by atoms with E-state index in [1.807, 2.05) is 83.8 Å². The fourth-order valence-electron chi connectivity index (χ4n) is 3.97. The van der Waals surface area contributed by atoms with Gasteiger partial charge in [-0.1, -0.05) is 42.5 Å². The molecule has 164 valence electrons. The van der Waals surface area contributed by atoms with Gasteiger partial charge < -0.3 is 15.0 Å². The van der Waals surface area contributed by atoms with Crippen molar-refractivity contribution in [1.82, 2.24) is 0 Å².